The molecule has 3 aromatic rings. The second-order valence-corrected chi connectivity index (χ2v) is 7.45. The van der Waals surface area contributed by atoms with Crippen LogP contribution in [0.2, 0.25) is 0 Å². The van der Waals surface area contributed by atoms with Gasteiger partial charge in [-0.05, 0) is 42.0 Å². The van der Waals surface area contributed by atoms with Gasteiger partial charge >= 0.3 is 6.03 Å². The zero-order chi connectivity index (χ0) is 20.7. The number of amides is 2. The summed E-state index contributed by atoms with van der Waals surface area (Å²) in [6.45, 7) is 0.720. The van der Waals surface area contributed by atoms with Crippen molar-refractivity contribution in [2.45, 2.75) is 12.5 Å². The summed E-state index contributed by atoms with van der Waals surface area (Å²) in [4.78, 5) is 21.1. The van der Waals surface area contributed by atoms with E-state index in [2.05, 4.69) is 4.98 Å². The van der Waals surface area contributed by atoms with Gasteiger partial charge in [0.15, 0.2) is 0 Å². The fraction of sp³-hybridized carbons (Fsp3) is 0.167. The van der Waals surface area contributed by atoms with Crippen molar-refractivity contribution in [2.75, 3.05) is 18.0 Å². The van der Waals surface area contributed by atoms with E-state index in [1.54, 1.807) is 16.0 Å². The Kier molecular flexibility index (Phi) is 4.54. The molecule has 1 unspecified atom stereocenters. The highest BCUT2D eigenvalue weighted by atomic mass is 19.1. The Hall–Kier alpha value is -3.54. The molecule has 1 atom stereocenters. The average molecular weight is 403 g/mol. The van der Waals surface area contributed by atoms with Crippen LogP contribution in [0.5, 0.6) is 0 Å². The van der Waals surface area contributed by atoms with E-state index in [9.17, 15) is 13.6 Å². The molecule has 2 aliphatic rings. The van der Waals surface area contributed by atoms with Crippen LogP contribution in [0.15, 0.2) is 72.9 Å². The van der Waals surface area contributed by atoms with Crippen LogP contribution in [0.4, 0.5) is 19.3 Å². The molecule has 150 valence electrons. The largest absolute Gasteiger partial charge is 0.325 e. The fourth-order valence-corrected chi connectivity index (χ4v) is 4.21. The number of benzene rings is 2. The van der Waals surface area contributed by atoms with Crippen LogP contribution in [0.3, 0.4) is 0 Å². The minimum Gasteiger partial charge on any atom is -0.309 e. The Morgan fingerprint density at radius 1 is 1.03 bits per heavy atom. The zero-order valence-electron chi connectivity index (χ0n) is 16.1. The molecule has 30 heavy (non-hydrogen) atoms. The van der Waals surface area contributed by atoms with Crippen molar-refractivity contribution in [3.8, 4) is 0 Å². The molecule has 1 aromatic heterocycles. The summed E-state index contributed by atoms with van der Waals surface area (Å²) in [5.41, 5.74) is 3.55. The minimum absolute atomic E-state index is 0.141. The highest BCUT2D eigenvalue weighted by Gasteiger charge is 2.40. The third-order valence-corrected chi connectivity index (χ3v) is 5.65. The Balaban J connectivity index is 1.48. The standard InChI is InChI=1S/C24H19F2N3O/c25-17-8-9-21(26)20(14-17)16-13-23-19-6-1-2-7-22(19)28(24(30)29(23)15-16)12-10-18-5-3-4-11-27-18/h1-9,11,13-14,23H,10,12,15H2. The SMILES string of the molecule is O=C1N(CCc2ccccn2)c2ccccc2C2C=C(c3cc(F)ccc3F)CN12. The third-order valence-electron chi connectivity index (χ3n) is 5.65. The number of para-hydroxylation sites is 1. The second-order valence-electron chi connectivity index (χ2n) is 7.45. The lowest BCUT2D eigenvalue weighted by Gasteiger charge is -2.39. The molecule has 2 amide bonds. The summed E-state index contributed by atoms with van der Waals surface area (Å²) in [6.07, 6.45) is 4.23. The quantitative estimate of drug-likeness (QED) is 0.616. The average Bonchev–Trinajstić information content (AvgIpc) is 3.22. The Labute approximate surface area is 173 Å². The van der Waals surface area contributed by atoms with E-state index in [0.29, 0.717) is 18.5 Å². The molecule has 0 saturated heterocycles. The number of aromatic nitrogens is 1. The lowest BCUT2D eigenvalue weighted by molar-refractivity contribution is 0.200. The lowest BCUT2D eigenvalue weighted by Crippen LogP contribution is -2.48. The lowest BCUT2D eigenvalue weighted by atomic mass is 9.99. The first-order valence-corrected chi connectivity index (χ1v) is 9.85. The first-order chi connectivity index (χ1) is 14.6. The van der Waals surface area contributed by atoms with E-state index in [1.807, 2.05) is 48.5 Å². The molecule has 0 fully saturated rings. The van der Waals surface area contributed by atoms with Gasteiger partial charge in [-0.3, -0.25) is 9.88 Å². The van der Waals surface area contributed by atoms with Gasteiger partial charge in [-0.25, -0.2) is 13.6 Å². The van der Waals surface area contributed by atoms with Gasteiger partial charge in [-0.1, -0.05) is 30.3 Å². The minimum atomic E-state index is -0.499. The summed E-state index contributed by atoms with van der Waals surface area (Å²) >= 11 is 0. The molecule has 2 aliphatic heterocycles. The molecular formula is C24H19F2N3O. The van der Waals surface area contributed by atoms with Crippen LogP contribution in [0.1, 0.15) is 22.9 Å². The summed E-state index contributed by atoms with van der Waals surface area (Å²) < 4.78 is 28.1. The van der Waals surface area contributed by atoms with Crippen molar-refractivity contribution >= 4 is 17.3 Å². The van der Waals surface area contributed by atoms with Gasteiger partial charge in [0.25, 0.3) is 0 Å². The van der Waals surface area contributed by atoms with Crippen molar-refractivity contribution in [1.29, 1.82) is 0 Å². The number of pyridine rings is 1. The molecule has 3 heterocycles. The maximum absolute atomic E-state index is 14.3. The molecule has 0 aliphatic carbocycles. The van der Waals surface area contributed by atoms with E-state index < -0.39 is 11.6 Å². The number of carbonyl (C=O) groups is 1. The van der Waals surface area contributed by atoms with E-state index in [0.717, 1.165) is 29.1 Å². The Morgan fingerprint density at radius 2 is 1.87 bits per heavy atom. The van der Waals surface area contributed by atoms with Crippen molar-refractivity contribution in [3.05, 3.63) is 101 Å². The zero-order valence-corrected chi connectivity index (χ0v) is 16.1. The number of urea groups is 1. The number of hydrogen-bond donors (Lipinski definition) is 0. The smallest absolute Gasteiger partial charge is 0.309 e. The second kappa shape index (κ2) is 7.37. The molecule has 4 nitrogen and oxygen atoms in total. The number of hydrogen-bond acceptors (Lipinski definition) is 2. The number of fused-ring (bicyclic) bond motifs is 3. The van der Waals surface area contributed by atoms with Crippen molar-refractivity contribution in [3.63, 3.8) is 0 Å². The summed E-state index contributed by atoms with van der Waals surface area (Å²) in [5.74, 6) is -0.990. The first-order valence-electron chi connectivity index (χ1n) is 9.85. The Bertz CT molecular complexity index is 1150. The monoisotopic (exact) mass is 403 g/mol. The number of halogens is 2. The fourth-order valence-electron chi connectivity index (χ4n) is 4.21. The molecule has 0 bridgehead atoms. The molecule has 0 saturated carbocycles. The molecular weight excluding hydrogens is 384 g/mol. The normalized spacial score (nSPS) is 17.6. The van der Waals surface area contributed by atoms with Gasteiger partial charge in [0.2, 0.25) is 0 Å². The predicted octanol–water partition coefficient (Wildman–Crippen LogP) is 4.98. The van der Waals surface area contributed by atoms with E-state index in [-0.39, 0.29) is 24.2 Å². The van der Waals surface area contributed by atoms with Gasteiger partial charge in [-0.2, -0.15) is 0 Å². The molecule has 0 N–H and O–H groups in total. The van der Waals surface area contributed by atoms with Crippen LogP contribution < -0.4 is 4.90 Å². The van der Waals surface area contributed by atoms with Gasteiger partial charge < -0.3 is 4.90 Å². The molecule has 2 aromatic carbocycles. The van der Waals surface area contributed by atoms with E-state index in [1.165, 1.54) is 6.07 Å². The Morgan fingerprint density at radius 3 is 2.70 bits per heavy atom. The number of anilines is 1. The van der Waals surface area contributed by atoms with E-state index in [4.69, 9.17) is 0 Å². The van der Waals surface area contributed by atoms with Crippen LogP contribution >= 0.6 is 0 Å². The summed E-state index contributed by atoms with van der Waals surface area (Å²) in [5, 5.41) is 0. The topological polar surface area (TPSA) is 36.4 Å². The first kappa shape index (κ1) is 18.5. The molecule has 5 rings (SSSR count). The van der Waals surface area contributed by atoms with Crippen LogP contribution in [0.25, 0.3) is 5.57 Å². The number of carbonyl (C=O) groups excluding carboxylic acids is 1. The highest BCUT2D eigenvalue weighted by molar-refractivity contribution is 5.98. The van der Waals surface area contributed by atoms with Crippen molar-refractivity contribution < 1.29 is 13.6 Å². The highest BCUT2D eigenvalue weighted by Crippen LogP contribution is 2.43. The summed E-state index contributed by atoms with van der Waals surface area (Å²) in [6, 6.07) is 16.4. The molecule has 0 radical (unpaired) electrons. The maximum Gasteiger partial charge on any atom is 0.325 e. The molecule has 6 heteroatoms. The number of rotatable bonds is 4. The van der Waals surface area contributed by atoms with Crippen molar-refractivity contribution in [1.82, 2.24) is 9.88 Å². The van der Waals surface area contributed by atoms with Gasteiger partial charge in [0.05, 0.1) is 11.7 Å². The van der Waals surface area contributed by atoms with Gasteiger partial charge in [-0.15, -0.1) is 0 Å². The van der Waals surface area contributed by atoms with Crippen LogP contribution in [-0.4, -0.2) is 29.0 Å². The summed E-state index contributed by atoms with van der Waals surface area (Å²) in [7, 11) is 0. The molecule has 0 spiro atoms. The van der Waals surface area contributed by atoms with Crippen LogP contribution in [0, 0.1) is 11.6 Å². The number of nitrogens with zero attached hydrogens (tertiary/aromatic N) is 3. The maximum atomic E-state index is 14.3. The van der Waals surface area contributed by atoms with Gasteiger partial charge in [0, 0.05) is 42.5 Å². The van der Waals surface area contributed by atoms with Crippen molar-refractivity contribution in [2.24, 2.45) is 0 Å². The van der Waals surface area contributed by atoms with E-state index >= 15 is 0 Å². The van der Waals surface area contributed by atoms with Gasteiger partial charge in [0.1, 0.15) is 11.6 Å². The van der Waals surface area contributed by atoms with Crippen LogP contribution in [-0.2, 0) is 6.42 Å². The third kappa shape index (κ3) is 3.14. The predicted molar refractivity (Wildman–Crippen MR) is 111 cm³/mol.